The average Bonchev–Trinajstić information content (AvgIpc) is 3.08. The van der Waals surface area contributed by atoms with E-state index in [1.165, 1.54) is 0 Å². The molecule has 0 aliphatic carbocycles. The number of fused-ring (bicyclic) bond motifs is 1. The molecular weight excluding hydrogens is 390 g/mol. The predicted molar refractivity (Wildman–Crippen MR) is 109 cm³/mol. The number of hydrogen-bond acceptors (Lipinski definition) is 6. The van der Waals surface area contributed by atoms with Gasteiger partial charge in [-0.05, 0) is 29.3 Å². The van der Waals surface area contributed by atoms with Crippen molar-refractivity contribution in [1.29, 1.82) is 0 Å². The summed E-state index contributed by atoms with van der Waals surface area (Å²) in [5.74, 6) is -0.413. The minimum absolute atomic E-state index is 0.0369. The smallest absolute Gasteiger partial charge is 0.317 e. The second kappa shape index (κ2) is 10.3. The molecule has 2 aromatic rings. The second-order valence-corrected chi connectivity index (χ2v) is 6.49. The molecular formula is C21H25N3O6. The highest BCUT2D eigenvalue weighted by Gasteiger charge is 2.34. The highest BCUT2D eigenvalue weighted by Crippen LogP contribution is 2.37. The number of rotatable bonds is 7. The maximum Gasteiger partial charge on any atom is 0.317 e. The molecule has 160 valence electrons. The Balaban J connectivity index is 0.000000575. The van der Waals surface area contributed by atoms with E-state index < -0.39 is 17.9 Å². The largest absolute Gasteiger partial charge is 0.493 e. The quantitative estimate of drug-likeness (QED) is 0.618. The van der Waals surface area contributed by atoms with E-state index in [-0.39, 0.29) is 18.9 Å². The van der Waals surface area contributed by atoms with E-state index >= 15 is 0 Å². The Kier molecular flexibility index (Phi) is 7.76. The number of hydrogen-bond donors (Lipinski definition) is 3. The third kappa shape index (κ3) is 5.26. The third-order valence-electron chi connectivity index (χ3n) is 4.59. The number of aliphatic carboxylic acids is 1. The zero-order chi connectivity index (χ0) is 22.3. The lowest BCUT2D eigenvalue weighted by Gasteiger charge is -2.28. The van der Waals surface area contributed by atoms with E-state index in [0.717, 1.165) is 11.1 Å². The molecule has 0 fully saturated rings. The molecule has 1 aliphatic rings. The molecule has 1 heterocycles. The summed E-state index contributed by atoms with van der Waals surface area (Å²) in [5, 5.41) is 7.60. The van der Waals surface area contributed by atoms with E-state index in [4.69, 9.17) is 20.3 Å². The van der Waals surface area contributed by atoms with Crippen molar-refractivity contribution in [1.82, 2.24) is 4.90 Å². The van der Waals surface area contributed by atoms with E-state index in [1.54, 1.807) is 37.3 Å². The zero-order valence-corrected chi connectivity index (χ0v) is 16.8. The number of carboxylic acid groups (broad SMARTS) is 1. The Morgan fingerprint density at radius 2 is 1.77 bits per heavy atom. The molecule has 0 saturated heterocycles. The Morgan fingerprint density at radius 3 is 2.30 bits per heavy atom. The van der Waals surface area contributed by atoms with Gasteiger partial charge in [0.15, 0.2) is 11.5 Å². The summed E-state index contributed by atoms with van der Waals surface area (Å²) < 4.78 is 10.6. The van der Waals surface area contributed by atoms with Crippen molar-refractivity contribution in [2.45, 2.75) is 19.0 Å². The Hall–Kier alpha value is -3.59. The minimum Gasteiger partial charge on any atom is -0.493 e. The van der Waals surface area contributed by atoms with Gasteiger partial charge in [-0.2, -0.15) is 0 Å². The summed E-state index contributed by atoms with van der Waals surface area (Å²) in [6.45, 7) is 0.168. The van der Waals surface area contributed by atoms with Gasteiger partial charge >= 0.3 is 5.97 Å². The monoisotopic (exact) mass is 415 g/mol. The minimum atomic E-state index is -0.968. The second-order valence-electron chi connectivity index (χ2n) is 6.49. The van der Waals surface area contributed by atoms with Crippen molar-refractivity contribution in [3.63, 3.8) is 0 Å². The van der Waals surface area contributed by atoms with Crippen LogP contribution in [0.5, 0.6) is 11.5 Å². The first kappa shape index (κ1) is 22.7. The number of carboxylic acids is 1. The van der Waals surface area contributed by atoms with Crippen LogP contribution >= 0.6 is 0 Å². The number of carbonyl (C=O) groups excluding carboxylic acids is 2. The van der Waals surface area contributed by atoms with Crippen LogP contribution in [0.3, 0.4) is 0 Å². The van der Waals surface area contributed by atoms with Gasteiger partial charge in [0.25, 0.3) is 5.91 Å². The van der Waals surface area contributed by atoms with E-state index in [2.05, 4.69) is 5.73 Å². The standard InChI is InChI=1S/C19H20N2O4.C2H5NO2/c1-24-16-8-7-12(9-17(16)25-2)15(10-18(20)22)21-11-13-5-3-4-6-14(13)19(21)23;3-1-2(4)5/h3-9,15H,10-11H2,1-2H3,(H2,20,22);1,3H2,(H,4,5). The van der Waals surface area contributed by atoms with Crippen LogP contribution in [0.1, 0.15) is 33.9 Å². The summed E-state index contributed by atoms with van der Waals surface area (Å²) in [5.41, 5.74) is 12.4. The molecule has 1 aliphatic heterocycles. The summed E-state index contributed by atoms with van der Waals surface area (Å²) in [7, 11) is 3.10. The maximum absolute atomic E-state index is 12.8. The molecule has 1 atom stereocenters. The molecule has 5 N–H and O–H groups in total. The van der Waals surface area contributed by atoms with Crippen LogP contribution in [0, 0.1) is 0 Å². The molecule has 2 aromatic carbocycles. The van der Waals surface area contributed by atoms with Gasteiger partial charge in [-0.25, -0.2) is 0 Å². The van der Waals surface area contributed by atoms with Gasteiger partial charge in [0.1, 0.15) is 0 Å². The SMILES string of the molecule is COc1ccc(C(CC(N)=O)N2Cc3ccccc3C2=O)cc1OC.NCC(=O)O. The molecule has 2 amide bonds. The van der Waals surface area contributed by atoms with Gasteiger partial charge < -0.3 is 30.9 Å². The van der Waals surface area contributed by atoms with Gasteiger partial charge in [0.05, 0.1) is 33.2 Å². The number of methoxy groups -OCH3 is 2. The first-order valence-electron chi connectivity index (χ1n) is 9.13. The molecule has 1 unspecified atom stereocenters. The number of amides is 2. The van der Waals surface area contributed by atoms with E-state index in [9.17, 15) is 14.4 Å². The van der Waals surface area contributed by atoms with Crippen LogP contribution in [-0.4, -0.2) is 48.6 Å². The lowest BCUT2D eigenvalue weighted by Crippen LogP contribution is -2.32. The average molecular weight is 415 g/mol. The van der Waals surface area contributed by atoms with Gasteiger partial charge in [0, 0.05) is 12.1 Å². The number of benzene rings is 2. The highest BCUT2D eigenvalue weighted by molar-refractivity contribution is 5.98. The summed E-state index contributed by atoms with van der Waals surface area (Å²) in [6, 6.07) is 12.4. The fourth-order valence-electron chi connectivity index (χ4n) is 3.19. The molecule has 9 nitrogen and oxygen atoms in total. The lowest BCUT2D eigenvalue weighted by atomic mass is 10.0. The summed E-state index contributed by atoms with van der Waals surface area (Å²) in [6.07, 6.45) is 0.0369. The molecule has 0 aromatic heterocycles. The molecule has 9 heteroatoms. The summed E-state index contributed by atoms with van der Waals surface area (Å²) >= 11 is 0. The van der Waals surface area contributed by atoms with Crippen molar-refractivity contribution < 1.29 is 29.0 Å². The Labute approximate surface area is 174 Å². The molecule has 30 heavy (non-hydrogen) atoms. The molecule has 0 bridgehead atoms. The number of nitrogens with zero attached hydrogens (tertiary/aromatic N) is 1. The number of nitrogens with two attached hydrogens (primary N) is 2. The van der Waals surface area contributed by atoms with Gasteiger partial charge in [0.2, 0.25) is 5.91 Å². The number of ether oxygens (including phenoxy) is 2. The molecule has 0 saturated carbocycles. The van der Waals surface area contributed by atoms with Crippen LogP contribution in [-0.2, 0) is 16.1 Å². The van der Waals surface area contributed by atoms with Crippen molar-refractivity contribution >= 4 is 17.8 Å². The fraction of sp³-hybridized carbons (Fsp3) is 0.286. The summed E-state index contributed by atoms with van der Waals surface area (Å²) in [4.78, 5) is 35.3. The Bertz CT molecular complexity index is 931. The first-order valence-corrected chi connectivity index (χ1v) is 9.13. The van der Waals surface area contributed by atoms with Crippen LogP contribution in [0.25, 0.3) is 0 Å². The van der Waals surface area contributed by atoms with Crippen molar-refractivity contribution in [2.75, 3.05) is 20.8 Å². The van der Waals surface area contributed by atoms with Gasteiger partial charge in [-0.1, -0.05) is 24.3 Å². The van der Waals surface area contributed by atoms with E-state index in [1.807, 2.05) is 24.3 Å². The molecule has 0 spiro atoms. The van der Waals surface area contributed by atoms with E-state index in [0.29, 0.717) is 23.6 Å². The van der Waals surface area contributed by atoms with Gasteiger partial charge in [-0.15, -0.1) is 0 Å². The third-order valence-corrected chi connectivity index (χ3v) is 4.59. The fourth-order valence-corrected chi connectivity index (χ4v) is 3.19. The predicted octanol–water partition coefficient (Wildman–Crippen LogP) is 1.31. The first-order chi connectivity index (χ1) is 14.3. The van der Waals surface area contributed by atoms with Crippen molar-refractivity contribution in [2.24, 2.45) is 11.5 Å². The Morgan fingerprint density at radius 1 is 1.13 bits per heavy atom. The van der Waals surface area contributed by atoms with Crippen molar-refractivity contribution in [3.05, 3.63) is 59.2 Å². The maximum atomic E-state index is 12.8. The van der Waals surface area contributed by atoms with Crippen LogP contribution in [0.4, 0.5) is 0 Å². The number of carbonyl (C=O) groups is 3. The zero-order valence-electron chi connectivity index (χ0n) is 16.8. The van der Waals surface area contributed by atoms with Crippen molar-refractivity contribution in [3.8, 4) is 11.5 Å². The van der Waals surface area contributed by atoms with Gasteiger partial charge in [-0.3, -0.25) is 14.4 Å². The molecule has 0 radical (unpaired) electrons. The normalized spacial score (nSPS) is 13.0. The highest BCUT2D eigenvalue weighted by atomic mass is 16.5. The number of primary amides is 1. The lowest BCUT2D eigenvalue weighted by molar-refractivity contribution is -0.135. The topological polar surface area (TPSA) is 145 Å². The van der Waals surface area contributed by atoms with Crippen LogP contribution in [0.15, 0.2) is 42.5 Å². The molecule has 3 rings (SSSR count). The van der Waals surface area contributed by atoms with Crippen LogP contribution in [0.2, 0.25) is 0 Å². The van der Waals surface area contributed by atoms with Crippen LogP contribution < -0.4 is 20.9 Å².